The third-order valence-electron chi connectivity index (χ3n) is 4.30. The van der Waals surface area contributed by atoms with Crippen molar-refractivity contribution in [1.29, 1.82) is 0 Å². The van der Waals surface area contributed by atoms with Gasteiger partial charge in [-0.2, -0.15) is 0 Å². The Bertz CT molecular complexity index is 760. The predicted molar refractivity (Wildman–Crippen MR) is 107 cm³/mol. The van der Waals surface area contributed by atoms with Crippen LogP contribution < -0.4 is 5.32 Å². The van der Waals surface area contributed by atoms with Crippen LogP contribution >= 0.6 is 0 Å². The monoisotopic (exact) mass is 352 g/mol. The summed E-state index contributed by atoms with van der Waals surface area (Å²) >= 11 is 0. The van der Waals surface area contributed by atoms with Gasteiger partial charge in [-0.1, -0.05) is 31.5 Å². The number of nitrogens with one attached hydrogen (secondary N) is 1. The van der Waals surface area contributed by atoms with E-state index in [0.717, 1.165) is 42.7 Å². The van der Waals surface area contributed by atoms with Crippen molar-refractivity contribution in [3.63, 3.8) is 0 Å². The summed E-state index contributed by atoms with van der Waals surface area (Å²) in [5, 5.41) is 2.93. The first kappa shape index (κ1) is 19.7. The molecule has 0 saturated heterocycles. The van der Waals surface area contributed by atoms with Gasteiger partial charge in [0.25, 0.3) is 11.8 Å². The molecule has 1 N–H and O–H groups in total. The SMILES string of the molecule is CCCN(CCC)C(=O)c1ccc(C(=O)Nc2ccc(C)cc2C)cc1. The molecule has 0 aliphatic rings. The quantitative estimate of drug-likeness (QED) is 0.777. The zero-order valence-electron chi connectivity index (χ0n) is 16.1. The molecule has 0 radical (unpaired) electrons. The van der Waals surface area contributed by atoms with Gasteiger partial charge in [0.15, 0.2) is 0 Å². The van der Waals surface area contributed by atoms with Gasteiger partial charge in [0, 0.05) is 29.9 Å². The molecule has 0 heterocycles. The fourth-order valence-corrected chi connectivity index (χ4v) is 2.95. The molecular formula is C22H28N2O2. The molecule has 0 saturated carbocycles. The van der Waals surface area contributed by atoms with Gasteiger partial charge in [0.05, 0.1) is 0 Å². The lowest BCUT2D eigenvalue weighted by molar-refractivity contribution is 0.0755. The molecule has 0 unspecified atom stereocenters. The highest BCUT2D eigenvalue weighted by Gasteiger charge is 2.15. The molecule has 0 bridgehead atoms. The number of aryl methyl sites for hydroxylation is 2. The van der Waals surface area contributed by atoms with Crippen molar-refractivity contribution in [2.45, 2.75) is 40.5 Å². The van der Waals surface area contributed by atoms with Gasteiger partial charge in [-0.25, -0.2) is 0 Å². The minimum absolute atomic E-state index is 0.0232. The molecular weight excluding hydrogens is 324 g/mol. The molecule has 4 heteroatoms. The van der Waals surface area contributed by atoms with Crippen LogP contribution in [-0.2, 0) is 0 Å². The number of hydrogen-bond donors (Lipinski definition) is 1. The van der Waals surface area contributed by atoms with Crippen LogP contribution in [0.5, 0.6) is 0 Å². The normalized spacial score (nSPS) is 10.5. The maximum absolute atomic E-state index is 12.6. The molecule has 0 fully saturated rings. The van der Waals surface area contributed by atoms with E-state index in [-0.39, 0.29) is 11.8 Å². The summed E-state index contributed by atoms with van der Waals surface area (Å²) in [6.45, 7) is 9.63. The summed E-state index contributed by atoms with van der Waals surface area (Å²) in [6.07, 6.45) is 1.87. The first-order valence-corrected chi connectivity index (χ1v) is 9.24. The Hall–Kier alpha value is -2.62. The lowest BCUT2D eigenvalue weighted by Gasteiger charge is -2.21. The summed E-state index contributed by atoms with van der Waals surface area (Å²) < 4.78 is 0. The van der Waals surface area contributed by atoms with E-state index >= 15 is 0 Å². The standard InChI is InChI=1S/C22H28N2O2/c1-5-13-24(14-6-2)22(26)19-10-8-18(9-11-19)21(25)23-20-12-7-16(3)15-17(20)4/h7-12,15H,5-6,13-14H2,1-4H3,(H,23,25). The molecule has 138 valence electrons. The third kappa shape index (κ3) is 4.94. The average molecular weight is 352 g/mol. The molecule has 4 nitrogen and oxygen atoms in total. The minimum Gasteiger partial charge on any atom is -0.339 e. The van der Waals surface area contributed by atoms with Crippen LogP contribution in [0.4, 0.5) is 5.69 Å². The van der Waals surface area contributed by atoms with Gasteiger partial charge in [0.1, 0.15) is 0 Å². The van der Waals surface area contributed by atoms with E-state index in [1.807, 2.05) is 36.9 Å². The maximum atomic E-state index is 12.6. The third-order valence-corrected chi connectivity index (χ3v) is 4.30. The van der Waals surface area contributed by atoms with Crippen LogP contribution in [0.25, 0.3) is 0 Å². The number of carbonyl (C=O) groups is 2. The van der Waals surface area contributed by atoms with Crippen LogP contribution in [0.2, 0.25) is 0 Å². The van der Waals surface area contributed by atoms with Crippen molar-refractivity contribution in [2.75, 3.05) is 18.4 Å². The van der Waals surface area contributed by atoms with E-state index < -0.39 is 0 Å². The summed E-state index contributed by atoms with van der Waals surface area (Å²) in [5.74, 6) is -0.148. The number of hydrogen-bond acceptors (Lipinski definition) is 2. The van der Waals surface area contributed by atoms with Crippen molar-refractivity contribution in [1.82, 2.24) is 4.90 Å². The maximum Gasteiger partial charge on any atom is 0.255 e. The van der Waals surface area contributed by atoms with Crippen molar-refractivity contribution in [3.8, 4) is 0 Å². The number of benzene rings is 2. The Morgan fingerprint density at radius 3 is 2.00 bits per heavy atom. The first-order chi connectivity index (χ1) is 12.5. The van der Waals surface area contributed by atoms with E-state index in [2.05, 4.69) is 19.2 Å². The second-order valence-electron chi connectivity index (χ2n) is 6.64. The lowest BCUT2D eigenvalue weighted by Crippen LogP contribution is -2.32. The van der Waals surface area contributed by atoms with Gasteiger partial charge in [-0.15, -0.1) is 0 Å². The van der Waals surface area contributed by atoms with Crippen molar-refractivity contribution in [2.24, 2.45) is 0 Å². The molecule has 2 amide bonds. The van der Waals surface area contributed by atoms with Gasteiger partial charge < -0.3 is 10.2 Å². The summed E-state index contributed by atoms with van der Waals surface area (Å²) in [5.41, 5.74) is 4.15. The number of rotatable bonds is 7. The van der Waals surface area contributed by atoms with E-state index in [1.165, 1.54) is 0 Å². The van der Waals surface area contributed by atoms with E-state index in [9.17, 15) is 9.59 Å². The topological polar surface area (TPSA) is 49.4 Å². The molecule has 0 aromatic heterocycles. The van der Waals surface area contributed by atoms with Crippen LogP contribution in [-0.4, -0.2) is 29.8 Å². The number of nitrogens with zero attached hydrogens (tertiary/aromatic N) is 1. The van der Waals surface area contributed by atoms with Gasteiger partial charge in [-0.05, 0) is 62.6 Å². The van der Waals surface area contributed by atoms with Crippen molar-refractivity contribution >= 4 is 17.5 Å². The Morgan fingerprint density at radius 2 is 1.46 bits per heavy atom. The average Bonchev–Trinajstić information content (AvgIpc) is 2.63. The number of carbonyl (C=O) groups excluding carboxylic acids is 2. The highest BCUT2D eigenvalue weighted by atomic mass is 16.2. The van der Waals surface area contributed by atoms with Gasteiger partial charge in [0.2, 0.25) is 0 Å². The smallest absolute Gasteiger partial charge is 0.255 e. The van der Waals surface area contributed by atoms with Crippen LogP contribution in [0.1, 0.15) is 58.5 Å². The highest BCUT2D eigenvalue weighted by Crippen LogP contribution is 2.17. The number of anilines is 1. The molecule has 0 aliphatic carbocycles. The van der Waals surface area contributed by atoms with E-state index in [1.54, 1.807) is 24.3 Å². The lowest BCUT2D eigenvalue weighted by atomic mass is 10.1. The van der Waals surface area contributed by atoms with Gasteiger partial charge >= 0.3 is 0 Å². The second-order valence-corrected chi connectivity index (χ2v) is 6.64. The second kappa shape index (κ2) is 9.18. The van der Waals surface area contributed by atoms with Crippen molar-refractivity contribution in [3.05, 3.63) is 64.7 Å². The molecule has 2 rings (SSSR count). The Morgan fingerprint density at radius 1 is 0.885 bits per heavy atom. The van der Waals surface area contributed by atoms with E-state index in [4.69, 9.17) is 0 Å². The summed E-state index contributed by atoms with van der Waals surface area (Å²) in [6, 6.07) is 12.8. The molecule has 0 aliphatic heterocycles. The Labute approximate surface area is 156 Å². The summed E-state index contributed by atoms with van der Waals surface area (Å²) in [7, 11) is 0. The van der Waals surface area contributed by atoms with Crippen molar-refractivity contribution < 1.29 is 9.59 Å². The Kier molecular flexibility index (Phi) is 6.96. The zero-order valence-corrected chi connectivity index (χ0v) is 16.1. The molecule has 0 spiro atoms. The predicted octanol–water partition coefficient (Wildman–Crippen LogP) is 4.82. The zero-order chi connectivity index (χ0) is 19.1. The molecule has 2 aromatic rings. The molecule has 26 heavy (non-hydrogen) atoms. The first-order valence-electron chi connectivity index (χ1n) is 9.24. The van der Waals surface area contributed by atoms with Crippen LogP contribution in [0.3, 0.4) is 0 Å². The number of amides is 2. The molecule has 2 aromatic carbocycles. The van der Waals surface area contributed by atoms with Crippen LogP contribution in [0.15, 0.2) is 42.5 Å². The van der Waals surface area contributed by atoms with Crippen LogP contribution in [0, 0.1) is 13.8 Å². The minimum atomic E-state index is -0.171. The largest absolute Gasteiger partial charge is 0.339 e. The molecule has 0 atom stereocenters. The fourth-order valence-electron chi connectivity index (χ4n) is 2.95. The summed E-state index contributed by atoms with van der Waals surface area (Å²) in [4.78, 5) is 26.9. The van der Waals surface area contributed by atoms with E-state index in [0.29, 0.717) is 11.1 Å². The van der Waals surface area contributed by atoms with Gasteiger partial charge in [-0.3, -0.25) is 9.59 Å². The fraction of sp³-hybridized carbons (Fsp3) is 0.364. The highest BCUT2D eigenvalue weighted by molar-refractivity contribution is 6.05. The Balaban J connectivity index is 2.10.